The van der Waals surface area contributed by atoms with E-state index in [2.05, 4.69) is 92.8 Å². The summed E-state index contributed by atoms with van der Waals surface area (Å²) in [5.74, 6) is 1.03. The summed E-state index contributed by atoms with van der Waals surface area (Å²) in [5.41, 5.74) is 11.3. The van der Waals surface area contributed by atoms with Crippen molar-refractivity contribution in [1.29, 1.82) is 0 Å². The molecular formula is C25H26N6. The van der Waals surface area contributed by atoms with E-state index in [0.29, 0.717) is 0 Å². The number of benzene rings is 2. The van der Waals surface area contributed by atoms with Crippen molar-refractivity contribution in [3.05, 3.63) is 72.9 Å². The van der Waals surface area contributed by atoms with Crippen molar-refractivity contribution in [3.63, 3.8) is 0 Å². The Balaban J connectivity index is 1.50. The molecule has 156 valence electrons. The Kier molecular flexibility index (Phi) is 5.14. The van der Waals surface area contributed by atoms with Crippen molar-refractivity contribution in [2.24, 2.45) is 0 Å². The van der Waals surface area contributed by atoms with Crippen molar-refractivity contribution >= 4 is 22.7 Å². The van der Waals surface area contributed by atoms with E-state index in [-0.39, 0.29) is 12.1 Å². The van der Waals surface area contributed by atoms with Crippen LogP contribution in [0.25, 0.3) is 33.3 Å². The van der Waals surface area contributed by atoms with E-state index in [0.717, 1.165) is 53.2 Å². The first kappa shape index (κ1) is 19.3. The van der Waals surface area contributed by atoms with Crippen molar-refractivity contribution in [2.75, 3.05) is 24.1 Å². The van der Waals surface area contributed by atoms with Crippen molar-refractivity contribution in [3.8, 4) is 22.4 Å². The zero-order valence-electron chi connectivity index (χ0n) is 17.5. The highest BCUT2D eigenvalue weighted by Gasteiger charge is 2.20. The van der Waals surface area contributed by atoms with Crippen LogP contribution in [0.2, 0.25) is 0 Å². The van der Waals surface area contributed by atoms with Gasteiger partial charge in [0.15, 0.2) is 0 Å². The van der Waals surface area contributed by atoms with E-state index in [1.165, 1.54) is 5.39 Å². The molecule has 31 heavy (non-hydrogen) atoms. The fourth-order valence-electron chi connectivity index (χ4n) is 4.16. The molecule has 0 saturated heterocycles. The normalized spacial score (nSPS) is 14.9. The van der Waals surface area contributed by atoms with Gasteiger partial charge in [-0.2, -0.15) is 4.98 Å². The fraction of sp³-hybridized carbons (Fsp3) is 0.200. The van der Waals surface area contributed by atoms with Gasteiger partial charge in [-0.05, 0) is 35.7 Å². The van der Waals surface area contributed by atoms with Gasteiger partial charge in [0, 0.05) is 41.4 Å². The molecule has 5 rings (SSSR count). The molecule has 1 unspecified atom stereocenters. The molecule has 2 aromatic carbocycles. The summed E-state index contributed by atoms with van der Waals surface area (Å²) in [4.78, 5) is 14.7. The first-order valence-electron chi connectivity index (χ1n) is 10.7. The smallest absolute Gasteiger partial charge is 0.221 e. The number of rotatable bonds is 6. The SMILES string of the molecule is CCC(Nc1nc(N)ncc1-c1cccc(-c2cc3ccccc3[nH]2)c1)N1CC=CC1. The predicted octanol–water partition coefficient (Wildman–Crippen LogP) is 4.89. The second-order valence-electron chi connectivity index (χ2n) is 7.84. The number of fused-ring (bicyclic) bond motifs is 1. The van der Waals surface area contributed by atoms with Gasteiger partial charge >= 0.3 is 0 Å². The third kappa shape index (κ3) is 3.90. The average Bonchev–Trinajstić information content (AvgIpc) is 3.48. The Morgan fingerprint density at radius 3 is 2.68 bits per heavy atom. The number of nitrogens with zero attached hydrogens (tertiary/aromatic N) is 3. The van der Waals surface area contributed by atoms with Crippen LogP contribution in [0, 0.1) is 0 Å². The largest absolute Gasteiger partial charge is 0.368 e. The van der Waals surface area contributed by atoms with Crippen LogP contribution >= 0.6 is 0 Å². The first-order chi connectivity index (χ1) is 15.2. The standard InChI is InChI=1S/C25H26N6/c1-2-23(31-12-5-6-13-31)29-24-20(16-27-25(26)30-24)17-9-7-10-18(14-17)22-15-19-8-3-4-11-21(19)28-22/h3-11,14-16,23,28H,2,12-13H2,1H3,(H3,26,27,29,30). The quantitative estimate of drug-likeness (QED) is 0.394. The van der Waals surface area contributed by atoms with Gasteiger partial charge in [-0.1, -0.05) is 55.5 Å². The molecule has 6 heteroatoms. The number of nitrogen functional groups attached to an aromatic ring is 1. The van der Waals surface area contributed by atoms with Crippen LogP contribution in [-0.2, 0) is 0 Å². The molecule has 0 amide bonds. The Morgan fingerprint density at radius 2 is 1.87 bits per heavy atom. The molecule has 0 bridgehead atoms. The Hall–Kier alpha value is -3.64. The van der Waals surface area contributed by atoms with Crippen LogP contribution < -0.4 is 11.1 Å². The van der Waals surface area contributed by atoms with Crippen molar-refractivity contribution in [2.45, 2.75) is 19.5 Å². The van der Waals surface area contributed by atoms with Gasteiger partial charge in [-0.3, -0.25) is 4.90 Å². The van der Waals surface area contributed by atoms with Crippen LogP contribution in [0.5, 0.6) is 0 Å². The van der Waals surface area contributed by atoms with Gasteiger partial charge in [0.2, 0.25) is 5.95 Å². The maximum Gasteiger partial charge on any atom is 0.221 e. The second kappa shape index (κ2) is 8.24. The van der Waals surface area contributed by atoms with Gasteiger partial charge in [0.05, 0.1) is 6.17 Å². The minimum absolute atomic E-state index is 0.180. The maximum atomic E-state index is 5.95. The summed E-state index contributed by atoms with van der Waals surface area (Å²) in [6.07, 6.45) is 7.34. The molecule has 0 fully saturated rings. The van der Waals surface area contributed by atoms with Crippen LogP contribution in [0.15, 0.2) is 72.9 Å². The predicted molar refractivity (Wildman–Crippen MR) is 128 cm³/mol. The van der Waals surface area contributed by atoms with E-state index in [9.17, 15) is 0 Å². The van der Waals surface area contributed by atoms with Crippen LogP contribution in [-0.4, -0.2) is 39.1 Å². The fourth-order valence-corrected chi connectivity index (χ4v) is 4.16. The molecule has 4 aromatic rings. The average molecular weight is 411 g/mol. The molecule has 6 nitrogen and oxygen atoms in total. The Bertz CT molecular complexity index is 1200. The van der Waals surface area contributed by atoms with Crippen LogP contribution in [0.1, 0.15) is 13.3 Å². The van der Waals surface area contributed by atoms with Gasteiger partial charge in [-0.15, -0.1) is 0 Å². The Morgan fingerprint density at radius 1 is 1.06 bits per heavy atom. The van der Waals surface area contributed by atoms with E-state index in [1.54, 1.807) is 0 Å². The van der Waals surface area contributed by atoms with Gasteiger partial charge in [0.1, 0.15) is 5.82 Å². The van der Waals surface area contributed by atoms with Crippen LogP contribution in [0.3, 0.4) is 0 Å². The molecule has 4 N–H and O–H groups in total. The lowest BCUT2D eigenvalue weighted by atomic mass is 10.0. The molecular weight excluding hydrogens is 384 g/mol. The lowest BCUT2D eigenvalue weighted by molar-refractivity contribution is 0.271. The third-order valence-electron chi connectivity index (χ3n) is 5.80. The van der Waals surface area contributed by atoms with E-state index in [4.69, 9.17) is 5.73 Å². The lowest BCUT2D eigenvalue weighted by Gasteiger charge is -2.28. The highest BCUT2D eigenvalue weighted by atomic mass is 15.3. The zero-order valence-corrected chi connectivity index (χ0v) is 17.5. The molecule has 0 spiro atoms. The molecule has 3 heterocycles. The van der Waals surface area contributed by atoms with Gasteiger partial charge in [-0.25, -0.2) is 4.98 Å². The van der Waals surface area contributed by atoms with E-state index < -0.39 is 0 Å². The first-order valence-corrected chi connectivity index (χ1v) is 10.7. The monoisotopic (exact) mass is 410 g/mol. The third-order valence-corrected chi connectivity index (χ3v) is 5.80. The summed E-state index contributed by atoms with van der Waals surface area (Å²) in [5, 5.41) is 4.81. The molecule has 2 aromatic heterocycles. The molecule has 1 aliphatic heterocycles. The number of aromatic nitrogens is 3. The lowest BCUT2D eigenvalue weighted by Crippen LogP contribution is -2.39. The van der Waals surface area contributed by atoms with Crippen LogP contribution in [0.4, 0.5) is 11.8 Å². The minimum Gasteiger partial charge on any atom is -0.368 e. The number of nitrogens with two attached hydrogens (primary N) is 1. The number of para-hydroxylation sites is 1. The second-order valence-corrected chi connectivity index (χ2v) is 7.84. The number of anilines is 2. The highest BCUT2D eigenvalue weighted by molar-refractivity contribution is 5.87. The molecule has 0 aliphatic carbocycles. The molecule has 0 saturated carbocycles. The minimum atomic E-state index is 0.180. The molecule has 1 aliphatic rings. The van der Waals surface area contributed by atoms with Crippen molar-refractivity contribution in [1.82, 2.24) is 19.9 Å². The van der Waals surface area contributed by atoms with E-state index >= 15 is 0 Å². The number of hydrogen-bond acceptors (Lipinski definition) is 5. The van der Waals surface area contributed by atoms with E-state index in [1.807, 2.05) is 12.3 Å². The zero-order chi connectivity index (χ0) is 21.2. The molecule has 0 radical (unpaired) electrons. The summed E-state index contributed by atoms with van der Waals surface area (Å²) in [7, 11) is 0. The number of H-pyrrole nitrogens is 1. The maximum absolute atomic E-state index is 5.95. The van der Waals surface area contributed by atoms with Gasteiger partial charge in [0.25, 0.3) is 0 Å². The topological polar surface area (TPSA) is 82.9 Å². The summed E-state index contributed by atoms with van der Waals surface area (Å²) in [6, 6.07) is 18.9. The highest BCUT2D eigenvalue weighted by Crippen LogP contribution is 2.32. The van der Waals surface area contributed by atoms with Crippen molar-refractivity contribution < 1.29 is 0 Å². The number of hydrogen-bond donors (Lipinski definition) is 3. The summed E-state index contributed by atoms with van der Waals surface area (Å²) in [6.45, 7) is 4.06. The number of aromatic amines is 1. The Labute approximate surface area is 181 Å². The molecule has 1 atom stereocenters. The van der Waals surface area contributed by atoms with Gasteiger partial charge < -0.3 is 16.0 Å². The number of nitrogens with one attached hydrogen (secondary N) is 2. The summed E-state index contributed by atoms with van der Waals surface area (Å²) >= 11 is 0. The summed E-state index contributed by atoms with van der Waals surface area (Å²) < 4.78 is 0.